The number of benzene rings is 1. The lowest BCUT2D eigenvalue weighted by atomic mass is 9.89. The van der Waals surface area contributed by atoms with Gasteiger partial charge in [0.25, 0.3) is 0 Å². The lowest BCUT2D eigenvalue weighted by Crippen LogP contribution is -2.57. The first-order valence-corrected chi connectivity index (χ1v) is 9.05. The highest BCUT2D eigenvalue weighted by atomic mass is 16.6. The first kappa shape index (κ1) is 17.0. The van der Waals surface area contributed by atoms with E-state index in [1.807, 2.05) is 44.1 Å². The molecule has 0 N–H and O–H groups in total. The fourth-order valence-corrected chi connectivity index (χ4v) is 3.69. The number of nitrogens with zero attached hydrogens (tertiary/aromatic N) is 2. The number of aromatic nitrogens is 1. The summed E-state index contributed by atoms with van der Waals surface area (Å²) >= 11 is 0. The molecule has 136 valence electrons. The number of hydrogen-bond acceptors (Lipinski definition) is 4. The molecule has 2 aromatic rings. The molecule has 1 amide bonds. The van der Waals surface area contributed by atoms with E-state index in [-0.39, 0.29) is 18.2 Å². The molecule has 0 spiro atoms. The highest BCUT2D eigenvalue weighted by Gasteiger charge is 2.40. The number of amides is 1. The van der Waals surface area contributed by atoms with Crippen LogP contribution in [0, 0.1) is 0 Å². The molecule has 2 atom stereocenters. The van der Waals surface area contributed by atoms with Crippen LogP contribution in [-0.4, -0.2) is 46.9 Å². The highest BCUT2D eigenvalue weighted by molar-refractivity contribution is 5.86. The summed E-state index contributed by atoms with van der Waals surface area (Å²) in [5.74, 6) is 0. The summed E-state index contributed by atoms with van der Waals surface area (Å²) in [5.41, 5.74) is 1.97. The molecular weight excluding hydrogens is 328 g/mol. The van der Waals surface area contributed by atoms with Gasteiger partial charge in [-0.25, -0.2) is 4.79 Å². The van der Waals surface area contributed by atoms with Crippen molar-refractivity contribution in [2.45, 2.75) is 44.9 Å². The van der Waals surface area contributed by atoms with E-state index in [2.05, 4.69) is 29.3 Å². The van der Waals surface area contributed by atoms with E-state index in [4.69, 9.17) is 9.47 Å². The van der Waals surface area contributed by atoms with Gasteiger partial charge >= 0.3 is 6.09 Å². The van der Waals surface area contributed by atoms with Gasteiger partial charge in [-0.05, 0) is 55.8 Å². The van der Waals surface area contributed by atoms with Crippen LogP contribution in [0.3, 0.4) is 0 Å². The van der Waals surface area contributed by atoms with Crippen molar-refractivity contribution in [3.8, 4) is 0 Å². The maximum Gasteiger partial charge on any atom is 0.411 e. The van der Waals surface area contributed by atoms with Gasteiger partial charge in [0.1, 0.15) is 5.60 Å². The Labute approximate surface area is 153 Å². The van der Waals surface area contributed by atoms with Gasteiger partial charge in [-0.3, -0.25) is 9.88 Å². The third-order valence-corrected chi connectivity index (χ3v) is 4.81. The quantitative estimate of drug-likeness (QED) is 0.778. The Morgan fingerprint density at radius 2 is 2.08 bits per heavy atom. The summed E-state index contributed by atoms with van der Waals surface area (Å²) in [6.07, 6.45) is 6.36. The SMILES string of the molecule is CC(C)(C)OC(=O)N1C2C=C(c3ccc4cnccc4c3)CC1COC2. The number of fused-ring (bicyclic) bond motifs is 3. The van der Waals surface area contributed by atoms with E-state index in [9.17, 15) is 4.79 Å². The standard InChI is InChI=1S/C21H24N2O3/c1-21(2,3)26-20(24)23-18-9-17(10-19(23)13-25-12-18)14-4-5-16-11-22-7-6-15(16)8-14/h4-9,11,18-19H,10,12-13H2,1-3H3. The smallest absolute Gasteiger partial charge is 0.411 e. The molecule has 4 rings (SSSR count). The van der Waals surface area contributed by atoms with Crippen LogP contribution in [0.4, 0.5) is 4.79 Å². The minimum Gasteiger partial charge on any atom is -0.444 e. The van der Waals surface area contributed by atoms with Crippen LogP contribution in [0.1, 0.15) is 32.8 Å². The molecule has 0 radical (unpaired) electrons. The van der Waals surface area contributed by atoms with Gasteiger partial charge in [0.15, 0.2) is 0 Å². The molecule has 26 heavy (non-hydrogen) atoms. The molecule has 1 saturated heterocycles. The number of ether oxygens (including phenoxy) is 2. The molecule has 0 saturated carbocycles. The Kier molecular flexibility index (Phi) is 4.19. The lowest BCUT2D eigenvalue weighted by molar-refractivity contribution is -0.0510. The van der Waals surface area contributed by atoms with Crippen molar-refractivity contribution in [3.63, 3.8) is 0 Å². The Balaban J connectivity index is 1.64. The summed E-state index contributed by atoms with van der Waals surface area (Å²) < 4.78 is 11.3. The monoisotopic (exact) mass is 352 g/mol. The van der Waals surface area contributed by atoms with Crippen LogP contribution >= 0.6 is 0 Å². The van der Waals surface area contributed by atoms with Crippen molar-refractivity contribution >= 4 is 22.4 Å². The van der Waals surface area contributed by atoms with Gasteiger partial charge in [0, 0.05) is 17.8 Å². The molecule has 2 bridgehead atoms. The Morgan fingerprint density at radius 1 is 1.23 bits per heavy atom. The van der Waals surface area contributed by atoms with E-state index < -0.39 is 5.60 Å². The Bertz CT molecular complexity index is 869. The summed E-state index contributed by atoms with van der Waals surface area (Å²) in [6, 6.07) is 8.39. The van der Waals surface area contributed by atoms with Crippen molar-refractivity contribution < 1.29 is 14.3 Å². The van der Waals surface area contributed by atoms with Crippen molar-refractivity contribution in [1.82, 2.24) is 9.88 Å². The molecule has 2 aliphatic heterocycles. The maximum atomic E-state index is 12.7. The van der Waals surface area contributed by atoms with Crippen molar-refractivity contribution in [2.75, 3.05) is 13.2 Å². The second-order valence-corrected chi connectivity index (χ2v) is 7.98. The zero-order valence-corrected chi connectivity index (χ0v) is 15.4. The molecule has 5 heteroatoms. The molecule has 1 aromatic carbocycles. The van der Waals surface area contributed by atoms with E-state index in [1.54, 1.807) is 0 Å². The molecule has 1 fully saturated rings. The van der Waals surface area contributed by atoms with Gasteiger partial charge < -0.3 is 9.47 Å². The largest absolute Gasteiger partial charge is 0.444 e. The predicted octanol–water partition coefficient (Wildman–Crippen LogP) is 4.03. The summed E-state index contributed by atoms with van der Waals surface area (Å²) in [7, 11) is 0. The third kappa shape index (κ3) is 3.31. The van der Waals surface area contributed by atoms with Gasteiger partial charge in [0.2, 0.25) is 0 Å². The van der Waals surface area contributed by atoms with Crippen molar-refractivity contribution in [3.05, 3.63) is 48.3 Å². The summed E-state index contributed by atoms with van der Waals surface area (Å²) in [5, 5.41) is 2.31. The van der Waals surface area contributed by atoms with Gasteiger partial charge in [-0.1, -0.05) is 18.2 Å². The lowest BCUT2D eigenvalue weighted by Gasteiger charge is -2.44. The molecule has 3 heterocycles. The molecule has 5 nitrogen and oxygen atoms in total. The van der Waals surface area contributed by atoms with Crippen LogP contribution in [0.5, 0.6) is 0 Å². The third-order valence-electron chi connectivity index (χ3n) is 4.81. The van der Waals surface area contributed by atoms with E-state index in [1.165, 1.54) is 16.5 Å². The van der Waals surface area contributed by atoms with E-state index >= 15 is 0 Å². The van der Waals surface area contributed by atoms with Gasteiger partial charge in [-0.15, -0.1) is 0 Å². The molecule has 2 aliphatic rings. The van der Waals surface area contributed by atoms with Gasteiger partial charge in [-0.2, -0.15) is 0 Å². The first-order valence-electron chi connectivity index (χ1n) is 9.05. The van der Waals surface area contributed by atoms with Crippen LogP contribution in [0.15, 0.2) is 42.7 Å². The Hall–Kier alpha value is -2.40. The average molecular weight is 352 g/mol. The fraction of sp³-hybridized carbons (Fsp3) is 0.429. The minimum atomic E-state index is -0.497. The zero-order chi connectivity index (χ0) is 18.3. The highest BCUT2D eigenvalue weighted by Crippen LogP contribution is 2.34. The number of morpholine rings is 1. The van der Waals surface area contributed by atoms with E-state index in [0.717, 1.165) is 11.8 Å². The van der Waals surface area contributed by atoms with Crippen LogP contribution in [0.2, 0.25) is 0 Å². The van der Waals surface area contributed by atoms with Crippen LogP contribution < -0.4 is 0 Å². The second kappa shape index (κ2) is 6.40. The van der Waals surface area contributed by atoms with E-state index in [0.29, 0.717) is 13.2 Å². The first-order chi connectivity index (χ1) is 12.4. The molecular formula is C21H24N2O3. The summed E-state index contributed by atoms with van der Waals surface area (Å²) in [6.45, 7) is 6.74. The molecule has 0 aliphatic carbocycles. The Morgan fingerprint density at radius 3 is 2.85 bits per heavy atom. The number of rotatable bonds is 1. The number of carbonyl (C=O) groups excluding carboxylic acids is 1. The zero-order valence-electron chi connectivity index (χ0n) is 15.4. The number of pyridine rings is 1. The normalized spacial score (nSPS) is 22.9. The summed E-state index contributed by atoms with van der Waals surface area (Å²) in [4.78, 5) is 18.7. The van der Waals surface area contributed by atoms with Crippen molar-refractivity contribution in [2.24, 2.45) is 0 Å². The van der Waals surface area contributed by atoms with Crippen LogP contribution in [-0.2, 0) is 9.47 Å². The molecule has 2 unspecified atom stereocenters. The number of hydrogen-bond donors (Lipinski definition) is 0. The average Bonchev–Trinajstić information content (AvgIpc) is 2.58. The molecule has 1 aromatic heterocycles. The topological polar surface area (TPSA) is 51.7 Å². The predicted molar refractivity (Wildman–Crippen MR) is 101 cm³/mol. The maximum absolute atomic E-state index is 12.7. The number of carbonyl (C=O) groups is 1. The van der Waals surface area contributed by atoms with Crippen molar-refractivity contribution in [1.29, 1.82) is 0 Å². The fourth-order valence-electron chi connectivity index (χ4n) is 3.69. The van der Waals surface area contributed by atoms with Crippen LogP contribution in [0.25, 0.3) is 16.3 Å². The van der Waals surface area contributed by atoms with Gasteiger partial charge in [0.05, 0.1) is 25.3 Å². The second-order valence-electron chi connectivity index (χ2n) is 7.98. The minimum absolute atomic E-state index is 0.0109.